The van der Waals surface area contributed by atoms with Gasteiger partial charge in [0.2, 0.25) is 5.91 Å². The lowest BCUT2D eigenvalue weighted by Crippen LogP contribution is -2.38. The van der Waals surface area contributed by atoms with Gasteiger partial charge in [-0.25, -0.2) is 8.78 Å². The van der Waals surface area contributed by atoms with Crippen LogP contribution < -0.4 is 5.32 Å². The molecule has 0 spiro atoms. The largest absolute Gasteiger partial charge is 0.480 e. The number of carboxylic acid groups (broad SMARTS) is 1. The van der Waals surface area contributed by atoms with Crippen LogP contribution in [-0.2, 0) is 16.0 Å². The highest BCUT2D eigenvalue weighted by Gasteiger charge is 2.13. The molecule has 0 bridgehead atoms. The van der Waals surface area contributed by atoms with Gasteiger partial charge < -0.3 is 10.4 Å². The zero-order chi connectivity index (χ0) is 13.7. The van der Waals surface area contributed by atoms with Crippen LogP contribution in [0, 0.1) is 11.6 Å². The molecule has 0 heterocycles. The molecule has 4 nitrogen and oxygen atoms in total. The summed E-state index contributed by atoms with van der Waals surface area (Å²) in [6, 6.07) is 2.42. The predicted molar refractivity (Wildman–Crippen MR) is 59.9 cm³/mol. The molecule has 0 aliphatic heterocycles. The SMILES string of the molecule is C[C@H](NC(=O)CCc1ccc(F)c(F)c1)C(=O)O. The van der Waals surface area contributed by atoms with E-state index < -0.39 is 29.6 Å². The summed E-state index contributed by atoms with van der Waals surface area (Å²) in [5.41, 5.74) is 0.479. The number of carboxylic acids is 1. The van der Waals surface area contributed by atoms with E-state index in [1.165, 1.54) is 13.0 Å². The number of aliphatic carboxylic acids is 1. The molecule has 1 aromatic carbocycles. The average molecular weight is 257 g/mol. The van der Waals surface area contributed by atoms with Gasteiger partial charge in [-0.15, -0.1) is 0 Å². The fourth-order valence-corrected chi connectivity index (χ4v) is 1.33. The van der Waals surface area contributed by atoms with Gasteiger partial charge in [0.05, 0.1) is 0 Å². The standard InChI is InChI=1S/C12H13F2NO3/c1-7(12(17)18)15-11(16)5-3-8-2-4-9(13)10(14)6-8/h2,4,6-7H,3,5H2,1H3,(H,15,16)(H,17,18)/t7-/m0/s1. The maximum Gasteiger partial charge on any atom is 0.325 e. The van der Waals surface area contributed by atoms with Gasteiger partial charge in [0.25, 0.3) is 0 Å². The van der Waals surface area contributed by atoms with E-state index in [2.05, 4.69) is 5.32 Å². The van der Waals surface area contributed by atoms with Crippen LogP contribution >= 0.6 is 0 Å². The number of carbonyl (C=O) groups excluding carboxylic acids is 1. The first kappa shape index (κ1) is 14.1. The van der Waals surface area contributed by atoms with Gasteiger partial charge in [-0.05, 0) is 31.0 Å². The van der Waals surface area contributed by atoms with E-state index in [-0.39, 0.29) is 12.8 Å². The summed E-state index contributed by atoms with van der Waals surface area (Å²) in [4.78, 5) is 21.8. The van der Waals surface area contributed by atoms with Crippen LogP contribution in [0.15, 0.2) is 18.2 Å². The molecule has 98 valence electrons. The smallest absolute Gasteiger partial charge is 0.325 e. The zero-order valence-corrected chi connectivity index (χ0v) is 9.74. The fraction of sp³-hybridized carbons (Fsp3) is 0.333. The molecule has 0 aliphatic carbocycles. The Hall–Kier alpha value is -1.98. The van der Waals surface area contributed by atoms with Crippen molar-refractivity contribution < 1.29 is 23.5 Å². The number of aryl methyl sites for hydroxylation is 1. The number of carbonyl (C=O) groups is 2. The molecule has 0 aromatic heterocycles. The molecular formula is C12H13F2NO3. The maximum absolute atomic E-state index is 12.9. The number of hydrogen-bond acceptors (Lipinski definition) is 2. The Balaban J connectivity index is 2.47. The van der Waals surface area contributed by atoms with Crippen molar-refractivity contribution in [3.8, 4) is 0 Å². The lowest BCUT2D eigenvalue weighted by molar-refractivity contribution is -0.141. The maximum atomic E-state index is 12.9. The lowest BCUT2D eigenvalue weighted by atomic mass is 10.1. The number of amides is 1. The Labute approximate surface area is 103 Å². The van der Waals surface area contributed by atoms with E-state index in [1.807, 2.05) is 0 Å². The van der Waals surface area contributed by atoms with Crippen molar-refractivity contribution in [1.82, 2.24) is 5.32 Å². The molecule has 0 radical (unpaired) electrons. The Morgan fingerprint density at radius 3 is 2.56 bits per heavy atom. The van der Waals surface area contributed by atoms with Crippen molar-refractivity contribution in [3.63, 3.8) is 0 Å². The number of halogens is 2. The van der Waals surface area contributed by atoms with Gasteiger partial charge in [-0.2, -0.15) is 0 Å². The van der Waals surface area contributed by atoms with Crippen LogP contribution in [0.1, 0.15) is 18.9 Å². The normalized spacial score (nSPS) is 11.9. The second-order valence-electron chi connectivity index (χ2n) is 3.88. The van der Waals surface area contributed by atoms with Gasteiger partial charge >= 0.3 is 5.97 Å². The number of benzene rings is 1. The summed E-state index contributed by atoms with van der Waals surface area (Å²) < 4.78 is 25.5. The molecule has 1 rings (SSSR count). The van der Waals surface area contributed by atoms with Gasteiger partial charge in [-0.1, -0.05) is 6.07 Å². The third-order valence-corrected chi connectivity index (χ3v) is 2.37. The molecule has 0 saturated heterocycles. The summed E-state index contributed by atoms with van der Waals surface area (Å²) in [5, 5.41) is 10.8. The van der Waals surface area contributed by atoms with Crippen molar-refractivity contribution in [2.24, 2.45) is 0 Å². The molecule has 18 heavy (non-hydrogen) atoms. The second-order valence-corrected chi connectivity index (χ2v) is 3.88. The molecule has 0 saturated carbocycles. The van der Waals surface area contributed by atoms with Gasteiger partial charge in [-0.3, -0.25) is 9.59 Å². The minimum atomic E-state index is -1.13. The quantitative estimate of drug-likeness (QED) is 0.839. The molecule has 2 N–H and O–H groups in total. The van der Waals surface area contributed by atoms with Gasteiger partial charge in [0.15, 0.2) is 11.6 Å². The van der Waals surface area contributed by atoms with Crippen LogP contribution in [0.3, 0.4) is 0 Å². The van der Waals surface area contributed by atoms with Crippen molar-refractivity contribution in [1.29, 1.82) is 0 Å². The number of rotatable bonds is 5. The molecular weight excluding hydrogens is 244 g/mol. The first-order chi connectivity index (χ1) is 8.40. The Morgan fingerprint density at radius 2 is 2.00 bits per heavy atom. The summed E-state index contributed by atoms with van der Waals surface area (Å²) in [7, 11) is 0. The van der Waals surface area contributed by atoms with Crippen molar-refractivity contribution in [2.75, 3.05) is 0 Å². The first-order valence-electron chi connectivity index (χ1n) is 5.36. The molecule has 0 fully saturated rings. The summed E-state index contributed by atoms with van der Waals surface area (Å²) in [6.07, 6.45) is 0.234. The van der Waals surface area contributed by atoms with E-state index >= 15 is 0 Å². The van der Waals surface area contributed by atoms with Crippen molar-refractivity contribution in [2.45, 2.75) is 25.8 Å². The number of hydrogen-bond donors (Lipinski definition) is 2. The predicted octanol–water partition coefficient (Wildman–Crippen LogP) is 1.49. The van der Waals surface area contributed by atoms with E-state index in [4.69, 9.17) is 5.11 Å². The van der Waals surface area contributed by atoms with Crippen LogP contribution in [0.25, 0.3) is 0 Å². The van der Waals surface area contributed by atoms with Crippen molar-refractivity contribution in [3.05, 3.63) is 35.4 Å². The van der Waals surface area contributed by atoms with Crippen LogP contribution in [0.5, 0.6) is 0 Å². The van der Waals surface area contributed by atoms with E-state index in [0.29, 0.717) is 5.56 Å². The molecule has 1 atom stereocenters. The molecule has 0 unspecified atom stereocenters. The molecule has 1 aromatic rings. The van der Waals surface area contributed by atoms with Gasteiger partial charge in [0.1, 0.15) is 6.04 Å². The summed E-state index contributed by atoms with van der Waals surface area (Å²) >= 11 is 0. The first-order valence-corrected chi connectivity index (χ1v) is 5.36. The Kier molecular flexibility index (Phi) is 4.76. The van der Waals surface area contributed by atoms with E-state index in [9.17, 15) is 18.4 Å². The summed E-state index contributed by atoms with van der Waals surface area (Å²) in [6.45, 7) is 1.35. The highest BCUT2D eigenvalue weighted by Crippen LogP contribution is 2.10. The minimum Gasteiger partial charge on any atom is -0.480 e. The Bertz CT molecular complexity index is 463. The summed E-state index contributed by atoms with van der Waals surface area (Å²) in [5.74, 6) is -3.49. The highest BCUT2D eigenvalue weighted by molar-refractivity contribution is 5.83. The Morgan fingerprint density at radius 1 is 1.33 bits per heavy atom. The average Bonchev–Trinajstić information content (AvgIpc) is 2.30. The van der Waals surface area contributed by atoms with E-state index in [0.717, 1.165) is 12.1 Å². The van der Waals surface area contributed by atoms with Crippen LogP contribution in [0.2, 0.25) is 0 Å². The molecule has 1 amide bonds. The lowest BCUT2D eigenvalue weighted by Gasteiger charge is -2.09. The second kappa shape index (κ2) is 6.09. The minimum absolute atomic E-state index is 0.0166. The monoisotopic (exact) mass is 257 g/mol. The zero-order valence-electron chi connectivity index (χ0n) is 9.74. The fourth-order valence-electron chi connectivity index (χ4n) is 1.33. The third-order valence-electron chi connectivity index (χ3n) is 2.37. The molecule has 6 heteroatoms. The molecule has 0 aliphatic rings. The van der Waals surface area contributed by atoms with Crippen molar-refractivity contribution >= 4 is 11.9 Å². The van der Waals surface area contributed by atoms with Crippen LogP contribution in [-0.4, -0.2) is 23.0 Å². The third kappa shape index (κ3) is 4.12. The van der Waals surface area contributed by atoms with Crippen LogP contribution in [0.4, 0.5) is 8.78 Å². The van der Waals surface area contributed by atoms with E-state index in [1.54, 1.807) is 0 Å². The number of nitrogens with one attached hydrogen (secondary N) is 1. The highest BCUT2D eigenvalue weighted by atomic mass is 19.2. The topological polar surface area (TPSA) is 66.4 Å². The van der Waals surface area contributed by atoms with Gasteiger partial charge in [0, 0.05) is 6.42 Å².